The van der Waals surface area contributed by atoms with E-state index in [1.54, 1.807) is 36.4 Å². The summed E-state index contributed by atoms with van der Waals surface area (Å²) < 4.78 is 8.72. The summed E-state index contributed by atoms with van der Waals surface area (Å²) >= 11 is 7.36. The molecule has 6 nitrogen and oxygen atoms in total. The molecule has 0 saturated carbocycles. The van der Waals surface area contributed by atoms with Gasteiger partial charge in [0.25, 0.3) is 0 Å². The van der Waals surface area contributed by atoms with Crippen LogP contribution in [0.3, 0.4) is 0 Å². The van der Waals surface area contributed by atoms with E-state index < -0.39 is 5.92 Å². The Kier molecular flexibility index (Phi) is 5.55. The Morgan fingerprint density at radius 1 is 1.18 bits per heavy atom. The van der Waals surface area contributed by atoms with Gasteiger partial charge in [0.1, 0.15) is 23.0 Å². The first-order valence-corrected chi connectivity index (χ1v) is 11.4. The van der Waals surface area contributed by atoms with Gasteiger partial charge in [-0.05, 0) is 48.9 Å². The fraction of sp³-hybridized carbons (Fsp3) is 0.120. The number of carbonyl (C=O) groups is 1. The first-order chi connectivity index (χ1) is 16.0. The first kappa shape index (κ1) is 21.1. The summed E-state index contributed by atoms with van der Waals surface area (Å²) in [4.78, 5) is 22.2. The highest BCUT2D eigenvalue weighted by Crippen LogP contribution is 2.31. The van der Waals surface area contributed by atoms with Crippen molar-refractivity contribution < 1.29 is 9.53 Å². The lowest BCUT2D eigenvalue weighted by Crippen LogP contribution is -2.11. The predicted molar refractivity (Wildman–Crippen MR) is 128 cm³/mol. The first-order valence-electron chi connectivity index (χ1n) is 10.2. The largest absolute Gasteiger partial charge is 0.487 e. The molecule has 33 heavy (non-hydrogen) atoms. The van der Waals surface area contributed by atoms with Crippen LogP contribution in [0.2, 0.25) is 5.02 Å². The molecule has 0 spiro atoms. The molecular weight excluding hydrogens is 456 g/mol. The Morgan fingerprint density at radius 3 is 2.91 bits per heavy atom. The second-order valence-corrected chi connectivity index (χ2v) is 9.11. The summed E-state index contributed by atoms with van der Waals surface area (Å²) in [5.74, 6) is -0.795. The van der Waals surface area contributed by atoms with E-state index in [4.69, 9.17) is 16.3 Å². The number of thiazole rings is 1. The normalized spacial score (nSPS) is 12.0. The molecule has 8 heteroatoms. The standard InChI is InChI=1S/C25H17ClN4O2S/c1-15-5-8-23-28-18(13-30(23)12-15)14-32-19-4-2-3-16(9-19)24(31)20(11-27)25-29-21-10-17(26)6-7-22(21)33-25/h2-10,12-13,20H,14H2,1H3. The van der Waals surface area contributed by atoms with E-state index >= 15 is 0 Å². The van der Waals surface area contributed by atoms with Crippen molar-refractivity contribution in [3.05, 3.63) is 93.8 Å². The van der Waals surface area contributed by atoms with E-state index in [1.807, 2.05) is 41.9 Å². The molecule has 5 rings (SSSR count). The average molecular weight is 473 g/mol. The average Bonchev–Trinajstić information content (AvgIpc) is 3.41. The van der Waals surface area contributed by atoms with Crippen molar-refractivity contribution in [1.29, 1.82) is 5.26 Å². The number of aromatic nitrogens is 3. The zero-order chi connectivity index (χ0) is 22.9. The van der Waals surface area contributed by atoms with Gasteiger partial charge in [-0.2, -0.15) is 5.26 Å². The van der Waals surface area contributed by atoms with Crippen molar-refractivity contribution in [2.75, 3.05) is 0 Å². The molecule has 1 unspecified atom stereocenters. The van der Waals surface area contributed by atoms with Crippen LogP contribution in [0.1, 0.15) is 32.5 Å². The van der Waals surface area contributed by atoms with Crippen LogP contribution in [-0.4, -0.2) is 20.2 Å². The lowest BCUT2D eigenvalue weighted by atomic mass is 9.99. The summed E-state index contributed by atoms with van der Waals surface area (Å²) in [7, 11) is 0. The van der Waals surface area contributed by atoms with Crippen molar-refractivity contribution in [3.63, 3.8) is 0 Å². The van der Waals surface area contributed by atoms with Crippen molar-refractivity contribution >= 4 is 44.6 Å². The molecule has 3 heterocycles. The Bertz CT molecular complexity index is 1550. The zero-order valence-corrected chi connectivity index (χ0v) is 19.1. The van der Waals surface area contributed by atoms with E-state index in [-0.39, 0.29) is 12.4 Å². The molecule has 0 saturated heterocycles. The number of imidazole rings is 1. The third kappa shape index (κ3) is 4.31. The molecule has 0 aliphatic heterocycles. The van der Waals surface area contributed by atoms with Gasteiger partial charge in [-0.1, -0.05) is 29.8 Å². The van der Waals surface area contributed by atoms with Gasteiger partial charge in [-0.25, -0.2) is 9.97 Å². The highest BCUT2D eigenvalue weighted by molar-refractivity contribution is 7.18. The van der Waals surface area contributed by atoms with Gasteiger partial charge in [0.2, 0.25) is 0 Å². The number of Topliss-reactive ketones (excluding diaryl/α,β-unsaturated/α-hetero) is 1. The number of fused-ring (bicyclic) bond motifs is 2. The number of nitrogens with zero attached hydrogens (tertiary/aromatic N) is 4. The molecule has 162 valence electrons. The maximum absolute atomic E-state index is 13.1. The van der Waals surface area contributed by atoms with E-state index in [0.29, 0.717) is 26.9 Å². The Hall–Kier alpha value is -3.73. The number of hydrogen-bond acceptors (Lipinski definition) is 6. The smallest absolute Gasteiger partial charge is 0.187 e. The molecule has 0 fully saturated rings. The second-order valence-electron chi connectivity index (χ2n) is 7.61. The SMILES string of the molecule is Cc1ccc2nc(COc3cccc(C(=O)C(C#N)c4nc5cc(Cl)ccc5s4)c3)cn2c1. The molecule has 5 aromatic rings. The molecular formula is C25H17ClN4O2S. The van der Waals surface area contributed by atoms with Crippen LogP contribution in [0, 0.1) is 18.3 Å². The molecule has 0 amide bonds. The maximum Gasteiger partial charge on any atom is 0.187 e. The lowest BCUT2D eigenvalue weighted by Gasteiger charge is -2.08. The van der Waals surface area contributed by atoms with Crippen LogP contribution < -0.4 is 4.74 Å². The van der Waals surface area contributed by atoms with Crippen LogP contribution in [0.25, 0.3) is 15.9 Å². The van der Waals surface area contributed by atoms with Crippen molar-refractivity contribution in [2.24, 2.45) is 0 Å². The third-order valence-electron chi connectivity index (χ3n) is 5.16. The Balaban J connectivity index is 1.35. The number of nitriles is 1. The number of ketones is 1. The van der Waals surface area contributed by atoms with Crippen molar-refractivity contribution in [2.45, 2.75) is 19.4 Å². The van der Waals surface area contributed by atoms with Gasteiger partial charge < -0.3 is 9.14 Å². The van der Waals surface area contributed by atoms with Crippen LogP contribution in [0.5, 0.6) is 5.75 Å². The van der Waals surface area contributed by atoms with Gasteiger partial charge in [0, 0.05) is 23.0 Å². The highest BCUT2D eigenvalue weighted by atomic mass is 35.5. The fourth-order valence-electron chi connectivity index (χ4n) is 3.56. The molecule has 0 bridgehead atoms. The Morgan fingerprint density at radius 2 is 2.06 bits per heavy atom. The van der Waals surface area contributed by atoms with Crippen molar-refractivity contribution in [1.82, 2.24) is 14.4 Å². The molecule has 0 radical (unpaired) electrons. The number of ether oxygens (including phenoxy) is 1. The topological polar surface area (TPSA) is 80.3 Å². The van der Waals surface area contributed by atoms with E-state index in [2.05, 4.69) is 16.0 Å². The molecule has 0 aliphatic carbocycles. The predicted octanol–water partition coefficient (Wildman–Crippen LogP) is 5.97. The van der Waals surface area contributed by atoms with Crippen LogP contribution in [-0.2, 0) is 6.61 Å². The number of rotatable bonds is 6. The van der Waals surface area contributed by atoms with Gasteiger partial charge in [-0.15, -0.1) is 11.3 Å². The molecule has 2 aromatic carbocycles. The number of benzene rings is 2. The van der Waals surface area contributed by atoms with Gasteiger partial charge in [-0.3, -0.25) is 4.79 Å². The third-order valence-corrected chi connectivity index (χ3v) is 6.49. The Labute approximate surface area is 198 Å². The summed E-state index contributed by atoms with van der Waals surface area (Å²) in [6.07, 6.45) is 3.92. The van der Waals surface area contributed by atoms with E-state index in [1.165, 1.54) is 11.3 Å². The maximum atomic E-state index is 13.1. The summed E-state index contributed by atoms with van der Waals surface area (Å²) in [6, 6.07) is 18.2. The van der Waals surface area contributed by atoms with Crippen molar-refractivity contribution in [3.8, 4) is 11.8 Å². The monoisotopic (exact) mass is 472 g/mol. The molecule has 0 N–H and O–H groups in total. The quantitative estimate of drug-likeness (QED) is 0.284. The number of hydrogen-bond donors (Lipinski definition) is 0. The van der Waals surface area contributed by atoms with Crippen LogP contribution >= 0.6 is 22.9 Å². The minimum absolute atomic E-state index is 0.263. The lowest BCUT2D eigenvalue weighted by molar-refractivity contribution is 0.0978. The summed E-state index contributed by atoms with van der Waals surface area (Å²) in [5.41, 5.74) is 3.83. The number of aryl methyl sites for hydroxylation is 1. The summed E-state index contributed by atoms with van der Waals surface area (Å²) in [6.45, 7) is 2.29. The number of carbonyl (C=O) groups excluding carboxylic acids is 1. The molecule has 3 aromatic heterocycles. The van der Waals surface area contributed by atoms with Gasteiger partial charge in [0.15, 0.2) is 11.7 Å². The summed E-state index contributed by atoms with van der Waals surface area (Å²) in [5, 5.41) is 10.7. The van der Waals surface area contributed by atoms with Crippen LogP contribution in [0.15, 0.2) is 67.0 Å². The zero-order valence-electron chi connectivity index (χ0n) is 17.5. The minimum Gasteiger partial charge on any atom is -0.487 e. The van der Waals surface area contributed by atoms with Crippen LogP contribution in [0.4, 0.5) is 0 Å². The minimum atomic E-state index is -1.00. The van der Waals surface area contributed by atoms with E-state index in [9.17, 15) is 10.1 Å². The number of halogens is 1. The highest BCUT2D eigenvalue weighted by Gasteiger charge is 2.25. The fourth-order valence-corrected chi connectivity index (χ4v) is 4.71. The van der Waals surface area contributed by atoms with Gasteiger partial charge >= 0.3 is 0 Å². The number of pyridine rings is 1. The second kappa shape index (κ2) is 8.66. The van der Waals surface area contributed by atoms with E-state index in [0.717, 1.165) is 21.6 Å². The molecule has 0 aliphatic rings. The van der Waals surface area contributed by atoms with Gasteiger partial charge in [0.05, 0.1) is 22.0 Å². The molecule has 1 atom stereocenters.